The molecule has 0 saturated heterocycles. The Kier molecular flexibility index (Phi) is 5.42. The van der Waals surface area contributed by atoms with Crippen LogP contribution in [-0.2, 0) is 6.54 Å². The van der Waals surface area contributed by atoms with Gasteiger partial charge in [0.25, 0.3) is 0 Å². The van der Waals surface area contributed by atoms with Crippen LogP contribution in [0.3, 0.4) is 0 Å². The van der Waals surface area contributed by atoms with Crippen LogP contribution in [0.5, 0.6) is 0 Å². The van der Waals surface area contributed by atoms with Crippen molar-refractivity contribution in [2.75, 3.05) is 32.1 Å². The Morgan fingerprint density at radius 2 is 2.10 bits per heavy atom. The standard InChI is InChI=1S/C16H25FN4/c1-4-18-16(19-10-12-5-6-12)20-11-13-7-8-15(21(2)3)14(17)9-13/h7-9,12H,4-6,10-11H2,1-3H3,(H2,18,19,20). The van der Waals surface area contributed by atoms with Crippen LogP contribution in [0.2, 0.25) is 0 Å². The van der Waals surface area contributed by atoms with E-state index in [1.165, 1.54) is 12.8 Å². The zero-order valence-corrected chi connectivity index (χ0v) is 13.1. The lowest BCUT2D eigenvalue weighted by molar-refractivity contribution is 0.623. The van der Waals surface area contributed by atoms with Crippen molar-refractivity contribution in [3.05, 3.63) is 29.6 Å². The van der Waals surface area contributed by atoms with Crippen LogP contribution in [0.4, 0.5) is 10.1 Å². The summed E-state index contributed by atoms with van der Waals surface area (Å²) in [6, 6.07) is 5.28. The van der Waals surface area contributed by atoms with Gasteiger partial charge in [-0.2, -0.15) is 0 Å². The summed E-state index contributed by atoms with van der Waals surface area (Å²) in [5, 5.41) is 6.55. The van der Waals surface area contributed by atoms with Gasteiger partial charge in [-0.25, -0.2) is 9.38 Å². The third kappa shape index (κ3) is 4.92. The van der Waals surface area contributed by atoms with Gasteiger partial charge < -0.3 is 15.5 Å². The molecule has 4 nitrogen and oxygen atoms in total. The van der Waals surface area contributed by atoms with E-state index in [1.807, 2.05) is 27.1 Å². The van der Waals surface area contributed by atoms with Gasteiger partial charge in [0.2, 0.25) is 0 Å². The smallest absolute Gasteiger partial charge is 0.191 e. The lowest BCUT2D eigenvalue weighted by Crippen LogP contribution is -2.38. The summed E-state index contributed by atoms with van der Waals surface area (Å²) in [6.45, 7) is 4.31. The number of halogens is 1. The minimum atomic E-state index is -0.205. The van der Waals surface area contributed by atoms with Crippen molar-refractivity contribution in [3.63, 3.8) is 0 Å². The monoisotopic (exact) mass is 292 g/mol. The summed E-state index contributed by atoms with van der Waals surface area (Å²) in [5.41, 5.74) is 1.48. The average molecular weight is 292 g/mol. The fraction of sp³-hybridized carbons (Fsp3) is 0.562. The first-order valence-electron chi connectivity index (χ1n) is 7.58. The first kappa shape index (κ1) is 15.6. The van der Waals surface area contributed by atoms with E-state index in [0.717, 1.165) is 30.5 Å². The van der Waals surface area contributed by atoms with Gasteiger partial charge in [0.05, 0.1) is 12.2 Å². The van der Waals surface area contributed by atoms with E-state index in [-0.39, 0.29) is 5.82 Å². The molecule has 0 atom stereocenters. The Hall–Kier alpha value is -1.78. The molecule has 116 valence electrons. The summed E-state index contributed by atoms with van der Waals surface area (Å²) in [5.74, 6) is 1.40. The molecule has 0 unspecified atom stereocenters. The van der Waals surface area contributed by atoms with Crippen LogP contribution < -0.4 is 15.5 Å². The van der Waals surface area contributed by atoms with Crippen molar-refractivity contribution >= 4 is 11.6 Å². The SMILES string of the molecule is CCNC(=NCc1ccc(N(C)C)c(F)c1)NCC1CC1. The third-order valence-corrected chi connectivity index (χ3v) is 3.51. The number of hydrogen-bond donors (Lipinski definition) is 2. The molecule has 21 heavy (non-hydrogen) atoms. The van der Waals surface area contributed by atoms with Gasteiger partial charge in [-0.3, -0.25) is 0 Å². The van der Waals surface area contributed by atoms with E-state index < -0.39 is 0 Å². The second-order valence-electron chi connectivity index (χ2n) is 5.70. The van der Waals surface area contributed by atoms with E-state index in [2.05, 4.69) is 15.6 Å². The van der Waals surface area contributed by atoms with Gasteiger partial charge in [0, 0.05) is 27.2 Å². The molecule has 0 heterocycles. The maximum atomic E-state index is 13.9. The van der Waals surface area contributed by atoms with Crippen molar-refractivity contribution < 1.29 is 4.39 Å². The molecule has 0 amide bonds. The minimum Gasteiger partial charge on any atom is -0.375 e. The maximum Gasteiger partial charge on any atom is 0.191 e. The van der Waals surface area contributed by atoms with Crippen molar-refractivity contribution in [3.8, 4) is 0 Å². The van der Waals surface area contributed by atoms with Gasteiger partial charge in [-0.15, -0.1) is 0 Å². The molecule has 1 fully saturated rings. The summed E-state index contributed by atoms with van der Waals surface area (Å²) in [7, 11) is 3.67. The van der Waals surface area contributed by atoms with Gasteiger partial charge in [0.1, 0.15) is 5.82 Å². The topological polar surface area (TPSA) is 39.7 Å². The lowest BCUT2D eigenvalue weighted by atomic mass is 10.2. The molecule has 5 heteroatoms. The minimum absolute atomic E-state index is 0.205. The fourth-order valence-corrected chi connectivity index (χ4v) is 2.09. The van der Waals surface area contributed by atoms with Gasteiger partial charge in [-0.05, 0) is 43.4 Å². The highest BCUT2D eigenvalue weighted by atomic mass is 19.1. The number of benzene rings is 1. The quantitative estimate of drug-likeness (QED) is 0.624. The molecule has 1 aromatic carbocycles. The third-order valence-electron chi connectivity index (χ3n) is 3.51. The molecule has 1 aliphatic rings. The number of anilines is 1. The summed E-state index contributed by atoms with van der Waals surface area (Å²) >= 11 is 0. The van der Waals surface area contributed by atoms with E-state index in [4.69, 9.17) is 0 Å². The van der Waals surface area contributed by atoms with Gasteiger partial charge in [0.15, 0.2) is 5.96 Å². The number of nitrogens with zero attached hydrogens (tertiary/aromatic N) is 2. The number of aliphatic imine (C=N–C) groups is 1. The Bertz CT molecular complexity index is 495. The number of nitrogens with one attached hydrogen (secondary N) is 2. The molecule has 0 aromatic heterocycles. The molecule has 0 aliphatic heterocycles. The first-order chi connectivity index (χ1) is 10.1. The van der Waals surface area contributed by atoms with E-state index in [9.17, 15) is 4.39 Å². The Balaban J connectivity index is 1.97. The molecule has 1 aliphatic carbocycles. The summed E-state index contributed by atoms with van der Waals surface area (Å²) < 4.78 is 13.9. The zero-order chi connectivity index (χ0) is 15.2. The average Bonchev–Trinajstić information content (AvgIpc) is 3.25. The Morgan fingerprint density at radius 1 is 1.33 bits per heavy atom. The van der Waals surface area contributed by atoms with Crippen molar-refractivity contribution in [2.45, 2.75) is 26.3 Å². The highest BCUT2D eigenvalue weighted by molar-refractivity contribution is 5.79. The first-order valence-corrected chi connectivity index (χ1v) is 7.58. The normalized spacial score (nSPS) is 15.0. The molecule has 0 spiro atoms. The molecular formula is C16H25FN4. The summed E-state index contributed by atoms with van der Waals surface area (Å²) in [4.78, 5) is 6.28. The van der Waals surface area contributed by atoms with Crippen LogP contribution >= 0.6 is 0 Å². The van der Waals surface area contributed by atoms with Crippen molar-refractivity contribution in [1.82, 2.24) is 10.6 Å². The second-order valence-corrected chi connectivity index (χ2v) is 5.70. The molecule has 2 rings (SSSR count). The van der Waals surface area contributed by atoms with Gasteiger partial charge in [-0.1, -0.05) is 6.07 Å². The van der Waals surface area contributed by atoms with Crippen LogP contribution in [0, 0.1) is 11.7 Å². The number of rotatable bonds is 6. The summed E-state index contributed by atoms with van der Waals surface area (Å²) in [6.07, 6.45) is 2.62. The van der Waals surface area contributed by atoms with E-state index >= 15 is 0 Å². The molecular weight excluding hydrogens is 267 g/mol. The van der Waals surface area contributed by atoms with E-state index in [1.54, 1.807) is 17.0 Å². The lowest BCUT2D eigenvalue weighted by Gasteiger charge is -2.14. The van der Waals surface area contributed by atoms with Crippen molar-refractivity contribution in [1.29, 1.82) is 0 Å². The Morgan fingerprint density at radius 3 is 2.67 bits per heavy atom. The maximum absolute atomic E-state index is 13.9. The van der Waals surface area contributed by atoms with Crippen LogP contribution in [0.25, 0.3) is 0 Å². The molecule has 0 bridgehead atoms. The molecule has 2 N–H and O–H groups in total. The van der Waals surface area contributed by atoms with Crippen molar-refractivity contribution in [2.24, 2.45) is 10.9 Å². The highest BCUT2D eigenvalue weighted by Gasteiger charge is 2.21. The fourth-order valence-electron chi connectivity index (χ4n) is 2.09. The van der Waals surface area contributed by atoms with Crippen LogP contribution in [0.1, 0.15) is 25.3 Å². The van der Waals surface area contributed by atoms with Gasteiger partial charge >= 0.3 is 0 Å². The Labute approximate surface area is 126 Å². The van der Waals surface area contributed by atoms with Crippen LogP contribution in [-0.4, -0.2) is 33.1 Å². The predicted molar refractivity (Wildman–Crippen MR) is 86.3 cm³/mol. The highest BCUT2D eigenvalue weighted by Crippen LogP contribution is 2.27. The zero-order valence-electron chi connectivity index (χ0n) is 13.1. The number of hydrogen-bond acceptors (Lipinski definition) is 2. The molecule has 0 radical (unpaired) electrons. The predicted octanol–water partition coefficient (Wildman–Crippen LogP) is 2.36. The second kappa shape index (κ2) is 7.29. The number of guanidine groups is 1. The largest absolute Gasteiger partial charge is 0.375 e. The molecule has 1 aromatic rings. The molecule has 1 saturated carbocycles. The van der Waals surface area contributed by atoms with Crippen LogP contribution in [0.15, 0.2) is 23.2 Å². The van der Waals surface area contributed by atoms with E-state index in [0.29, 0.717) is 12.2 Å².